The molecule has 0 aliphatic carbocycles. The Morgan fingerprint density at radius 1 is 1.25 bits per heavy atom. The van der Waals surface area contributed by atoms with Crippen LogP contribution >= 0.6 is 27.5 Å². The van der Waals surface area contributed by atoms with E-state index in [1.807, 2.05) is 0 Å². The van der Waals surface area contributed by atoms with Crippen molar-refractivity contribution in [3.63, 3.8) is 0 Å². The van der Waals surface area contributed by atoms with Crippen LogP contribution in [0, 0.1) is 5.82 Å². The first-order valence-electron chi connectivity index (χ1n) is 7.12. The van der Waals surface area contributed by atoms with Gasteiger partial charge in [0.05, 0.1) is 6.42 Å². The molecule has 0 aromatic heterocycles. The van der Waals surface area contributed by atoms with Crippen LogP contribution in [-0.4, -0.2) is 17.9 Å². The number of hydrogen-bond donors (Lipinski definition) is 2. The minimum atomic E-state index is -0.888. The molecular weight excluding hydrogens is 399 g/mol. The number of hydrogen-bond acceptors (Lipinski definition) is 2. The molecule has 4 nitrogen and oxygen atoms in total. The highest BCUT2D eigenvalue weighted by molar-refractivity contribution is 9.10. The number of halogens is 3. The van der Waals surface area contributed by atoms with Crippen molar-refractivity contribution in [1.82, 2.24) is 5.32 Å². The summed E-state index contributed by atoms with van der Waals surface area (Å²) < 4.78 is 13.9. The molecule has 1 atom stereocenters. The Balaban J connectivity index is 2.06. The molecular formula is C17H15BrClFN2O2. The minimum Gasteiger partial charge on any atom is -0.368 e. The summed E-state index contributed by atoms with van der Waals surface area (Å²) in [4.78, 5) is 23.7. The van der Waals surface area contributed by atoms with Gasteiger partial charge in [0.25, 0.3) is 0 Å². The van der Waals surface area contributed by atoms with Gasteiger partial charge in [0.1, 0.15) is 11.9 Å². The van der Waals surface area contributed by atoms with Crippen molar-refractivity contribution in [2.24, 2.45) is 5.73 Å². The first-order chi connectivity index (χ1) is 11.3. The molecule has 2 rings (SSSR count). The lowest BCUT2D eigenvalue weighted by molar-refractivity contribution is -0.127. The lowest BCUT2D eigenvalue weighted by atomic mass is 10.0. The maximum absolute atomic E-state index is 13.2. The first-order valence-corrected chi connectivity index (χ1v) is 8.29. The molecule has 0 spiro atoms. The van der Waals surface area contributed by atoms with Gasteiger partial charge in [-0.2, -0.15) is 0 Å². The molecule has 0 unspecified atom stereocenters. The van der Waals surface area contributed by atoms with Crippen molar-refractivity contribution in [3.8, 4) is 0 Å². The van der Waals surface area contributed by atoms with E-state index in [4.69, 9.17) is 17.3 Å². The fourth-order valence-electron chi connectivity index (χ4n) is 2.22. The van der Waals surface area contributed by atoms with Crippen molar-refractivity contribution in [3.05, 3.63) is 68.9 Å². The molecule has 0 aliphatic rings. The second kappa shape index (κ2) is 8.26. The van der Waals surface area contributed by atoms with Crippen LogP contribution in [0.15, 0.2) is 46.9 Å². The zero-order valence-electron chi connectivity index (χ0n) is 12.6. The van der Waals surface area contributed by atoms with E-state index < -0.39 is 23.7 Å². The number of nitrogens with one attached hydrogen (secondary N) is 1. The molecule has 0 aliphatic heterocycles. The highest BCUT2D eigenvalue weighted by atomic mass is 79.9. The molecule has 0 heterocycles. The smallest absolute Gasteiger partial charge is 0.240 e. The summed E-state index contributed by atoms with van der Waals surface area (Å²) >= 11 is 9.32. The van der Waals surface area contributed by atoms with E-state index in [0.29, 0.717) is 10.6 Å². The normalized spacial score (nSPS) is 11.8. The van der Waals surface area contributed by atoms with Gasteiger partial charge in [0.15, 0.2) is 0 Å². The second-order valence-corrected chi connectivity index (χ2v) is 6.56. The predicted octanol–water partition coefficient (Wildman–Crippen LogP) is 3.00. The van der Waals surface area contributed by atoms with Crippen LogP contribution in [0.1, 0.15) is 11.1 Å². The Morgan fingerprint density at radius 3 is 2.67 bits per heavy atom. The van der Waals surface area contributed by atoms with Crippen molar-refractivity contribution in [2.45, 2.75) is 18.9 Å². The van der Waals surface area contributed by atoms with Gasteiger partial charge < -0.3 is 11.1 Å². The topological polar surface area (TPSA) is 72.2 Å². The van der Waals surface area contributed by atoms with E-state index in [1.54, 1.807) is 24.3 Å². The summed E-state index contributed by atoms with van der Waals surface area (Å²) in [7, 11) is 0. The van der Waals surface area contributed by atoms with E-state index >= 15 is 0 Å². The Bertz CT molecular complexity index is 770. The van der Waals surface area contributed by atoms with Gasteiger partial charge in [-0.1, -0.05) is 39.7 Å². The Kier molecular flexibility index (Phi) is 6.34. The number of carbonyl (C=O) groups excluding carboxylic acids is 2. The number of carbonyl (C=O) groups is 2. The molecule has 2 aromatic carbocycles. The van der Waals surface area contributed by atoms with Crippen molar-refractivity contribution in [2.75, 3.05) is 0 Å². The molecule has 0 bridgehead atoms. The van der Waals surface area contributed by atoms with Crippen LogP contribution in [-0.2, 0) is 22.4 Å². The third kappa shape index (κ3) is 5.32. The summed E-state index contributed by atoms with van der Waals surface area (Å²) in [5, 5.41) is 3.10. The average molecular weight is 414 g/mol. The minimum absolute atomic E-state index is 0.0434. The van der Waals surface area contributed by atoms with Crippen LogP contribution in [0.25, 0.3) is 0 Å². The Morgan fingerprint density at radius 2 is 2.00 bits per heavy atom. The molecule has 0 saturated heterocycles. The summed E-state index contributed by atoms with van der Waals surface area (Å²) in [5.41, 5.74) is 6.64. The fourth-order valence-corrected chi connectivity index (χ4v) is 2.82. The van der Waals surface area contributed by atoms with E-state index in [0.717, 1.165) is 10.0 Å². The van der Waals surface area contributed by atoms with Crippen LogP contribution in [0.5, 0.6) is 0 Å². The fraction of sp³-hybridized carbons (Fsp3) is 0.176. The van der Waals surface area contributed by atoms with Crippen molar-refractivity contribution in [1.29, 1.82) is 0 Å². The molecule has 24 heavy (non-hydrogen) atoms. The van der Waals surface area contributed by atoms with Gasteiger partial charge in [0, 0.05) is 15.9 Å². The number of primary amides is 1. The molecule has 0 saturated carbocycles. The standard InChI is InChI=1S/C17H15BrClFN2O2/c18-14-5-4-12(19)8-11(14)9-15(17(21)24)22-16(23)7-10-2-1-3-13(20)6-10/h1-6,8,15H,7,9H2,(H2,21,24)(H,22,23)/t15-/m1/s1. The average Bonchev–Trinajstić information content (AvgIpc) is 2.50. The molecule has 2 amide bonds. The molecule has 0 radical (unpaired) electrons. The van der Waals surface area contributed by atoms with Gasteiger partial charge in [-0.05, 0) is 41.5 Å². The Labute approximate surface area is 152 Å². The third-order valence-electron chi connectivity index (χ3n) is 3.36. The number of amides is 2. The van der Waals surface area contributed by atoms with E-state index in [9.17, 15) is 14.0 Å². The monoisotopic (exact) mass is 412 g/mol. The van der Waals surface area contributed by atoms with Crippen LogP contribution in [0.4, 0.5) is 4.39 Å². The van der Waals surface area contributed by atoms with E-state index in [2.05, 4.69) is 21.2 Å². The summed E-state index contributed by atoms with van der Waals surface area (Å²) in [5.74, 6) is -1.49. The Hall–Kier alpha value is -1.92. The van der Waals surface area contributed by atoms with Crippen LogP contribution in [0.3, 0.4) is 0 Å². The first kappa shape index (κ1) is 18.4. The van der Waals surface area contributed by atoms with E-state index in [-0.39, 0.29) is 12.8 Å². The van der Waals surface area contributed by atoms with Gasteiger partial charge in [-0.15, -0.1) is 0 Å². The lowest BCUT2D eigenvalue weighted by Crippen LogP contribution is -2.46. The summed E-state index contributed by atoms with van der Waals surface area (Å²) in [6.07, 6.45) is 0.156. The number of benzene rings is 2. The molecule has 126 valence electrons. The lowest BCUT2D eigenvalue weighted by Gasteiger charge is -2.16. The quantitative estimate of drug-likeness (QED) is 0.764. The summed E-state index contributed by atoms with van der Waals surface area (Å²) in [6.45, 7) is 0. The maximum Gasteiger partial charge on any atom is 0.240 e. The summed E-state index contributed by atoms with van der Waals surface area (Å²) in [6, 6.07) is 9.99. The van der Waals surface area contributed by atoms with E-state index in [1.165, 1.54) is 18.2 Å². The van der Waals surface area contributed by atoms with Crippen molar-refractivity contribution >= 4 is 39.3 Å². The van der Waals surface area contributed by atoms with Gasteiger partial charge in [-0.25, -0.2) is 4.39 Å². The molecule has 3 N–H and O–H groups in total. The SMILES string of the molecule is NC(=O)[C@@H](Cc1cc(Cl)ccc1Br)NC(=O)Cc1cccc(F)c1. The van der Waals surface area contributed by atoms with Gasteiger partial charge in [0.2, 0.25) is 11.8 Å². The number of rotatable bonds is 6. The molecule has 0 fully saturated rings. The molecule has 2 aromatic rings. The zero-order chi connectivity index (χ0) is 17.7. The largest absolute Gasteiger partial charge is 0.368 e. The second-order valence-electron chi connectivity index (χ2n) is 5.27. The van der Waals surface area contributed by atoms with Crippen LogP contribution < -0.4 is 11.1 Å². The van der Waals surface area contributed by atoms with Gasteiger partial charge >= 0.3 is 0 Å². The highest BCUT2D eigenvalue weighted by Gasteiger charge is 2.20. The maximum atomic E-state index is 13.2. The highest BCUT2D eigenvalue weighted by Crippen LogP contribution is 2.22. The number of nitrogens with two attached hydrogens (primary N) is 1. The van der Waals surface area contributed by atoms with Gasteiger partial charge in [-0.3, -0.25) is 9.59 Å². The van der Waals surface area contributed by atoms with Crippen LogP contribution in [0.2, 0.25) is 5.02 Å². The zero-order valence-corrected chi connectivity index (χ0v) is 14.9. The molecule has 7 heteroatoms. The van der Waals surface area contributed by atoms with Crippen molar-refractivity contribution < 1.29 is 14.0 Å². The third-order valence-corrected chi connectivity index (χ3v) is 4.37. The predicted molar refractivity (Wildman–Crippen MR) is 94.1 cm³/mol.